The van der Waals surface area contributed by atoms with Crippen LogP contribution >= 0.6 is 0 Å². The second-order valence-electron chi connectivity index (χ2n) is 5.88. The predicted octanol–water partition coefficient (Wildman–Crippen LogP) is 2.33. The van der Waals surface area contributed by atoms with Crippen LogP contribution in [0.4, 0.5) is 4.79 Å². The van der Waals surface area contributed by atoms with Crippen molar-refractivity contribution < 1.29 is 9.53 Å². The van der Waals surface area contributed by atoms with Crippen LogP contribution in [0.3, 0.4) is 0 Å². The molecule has 2 aromatic rings. The molecule has 2 heterocycles. The lowest BCUT2D eigenvalue weighted by Gasteiger charge is -2.17. The van der Waals surface area contributed by atoms with Gasteiger partial charge in [-0.15, -0.1) is 0 Å². The Bertz CT molecular complexity index is 671. The molecule has 0 aliphatic carbocycles. The first kappa shape index (κ1) is 17.8. The minimum atomic E-state index is -0.139. The Morgan fingerprint density at radius 1 is 1.46 bits per heavy atom. The topological polar surface area (TPSA) is 72.3 Å². The van der Waals surface area contributed by atoms with Crippen molar-refractivity contribution >= 4 is 6.03 Å². The van der Waals surface area contributed by atoms with Crippen LogP contribution in [-0.4, -0.2) is 38.8 Å². The molecule has 2 rings (SSSR count). The van der Waals surface area contributed by atoms with Crippen LogP contribution < -0.4 is 10.1 Å². The van der Waals surface area contributed by atoms with Gasteiger partial charge < -0.3 is 15.0 Å². The minimum absolute atomic E-state index is 0.118. The molecule has 0 aliphatic heterocycles. The first-order valence-corrected chi connectivity index (χ1v) is 8.06. The molecule has 0 spiro atoms. The number of nitrogens with zero attached hydrogens (tertiary/aromatic N) is 4. The summed E-state index contributed by atoms with van der Waals surface area (Å²) >= 11 is 0. The highest BCUT2D eigenvalue weighted by molar-refractivity contribution is 5.73. The lowest BCUT2D eigenvalue weighted by Crippen LogP contribution is -2.36. The summed E-state index contributed by atoms with van der Waals surface area (Å²) in [5.41, 5.74) is 1.94. The summed E-state index contributed by atoms with van der Waals surface area (Å²) in [6.07, 6.45) is 6.38. The van der Waals surface area contributed by atoms with Crippen molar-refractivity contribution in [2.24, 2.45) is 7.05 Å². The fourth-order valence-corrected chi connectivity index (χ4v) is 2.13. The Kier molecular flexibility index (Phi) is 6.17. The first-order valence-electron chi connectivity index (χ1n) is 8.06. The molecule has 24 heavy (non-hydrogen) atoms. The molecular formula is C17H25N5O2. The molecule has 0 saturated carbocycles. The number of urea groups is 1. The zero-order chi connectivity index (χ0) is 17.5. The Morgan fingerprint density at radius 3 is 2.92 bits per heavy atom. The molecule has 1 N–H and O–H groups in total. The largest absolute Gasteiger partial charge is 0.475 e. The molecule has 1 unspecified atom stereocenters. The average molecular weight is 331 g/mol. The van der Waals surface area contributed by atoms with Crippen LogP contribution in [0.5, 0.6) is 5.88 Å². The van der Waals surface area contributed by atoms with E-state index in [1.54, 1.807) is 29.0 Å². The molecule has 0 bridgehead atoms. The summed E-state index contributed by atoms with van der Waals surface area (Å²) in [6, 6.07) is 3.58. The Morgan fingerprint density at radius 2 is 2.25 bits per heavy atom. The third-order valence-corrected chi connectivity index (χ3v) is 3.66. The Labute approximate surface area is 142 Å². The van der Waals surface area contributed by atoms with Crippen molar-refractivity contribution in [1.29, 1.82) is 0 Å². The molecule has 7 nitrogen and oxygen atoms in total. The number of ether oxygens (including phenoxy) is 1. The quantitative estimate of drug-likeness (QED) is 0.845. The number of rotatable bonds is 7. The highest BCUT2D eigenvalue weighted by Crippen LogP contribution is 2.12. The van der Waals surface area contributed by atoms with Crippen LogP contribution in [0, 0.1) is 0 Å². The van der Waals surface area contributed by atoms with Gasteiger partial charge in [0.15, 0.2) is 0 Å². The Balaban J connectivity index is 1.85. The van der Waals surface area contributed by atoms with Crippen molar-refractivity contribution in [2.45, 2.75) is 39.5 Å². The standard InChI is InChI=1S/C17H25N5O2/c1-5-13(2)24-16-8-14(6-7-18-16)9-19-17(23)21(3)11-15-10-20-22(4)12-15/h6-8,10,12-13H,5,9,11H2,1-4H3,(H,19,23). The van der Waals surface area contributed by atoms with Gasteiger partial charge in [-0.05, 0) is 25.0 Å². The van der Waals surface area contributed by atoms with E-state index in [1.165, 1.54) is 0 Å². The maximum absolute atomic E-state index is 12.2. The van der Waals surface area contributed by atoms with Gasteiger partial charge in [-0.3, -0.25) is 4.68 Å². The fraction of sp³-hybridized carbons (Fsp3) is 0.471. The van der Waals surface area contributed by atoms with E-state index in [4.69, 9.17) is 4.74 Å². The van der Waals surface area contributed by atoms with E-state index in [9.17, 15) is 4.79 Å². The predicted molar refractivity (Wildman–Crippen MR) is 91.5 cm³/mol. The van der Waals surface area contributed by atoms with Gasteiger partial charge in [-0.1, -0.05) is 6.92 Å². The number of nitrogens with one attached hydrogen (secondary N) is 1. The Hall–Kier alpha value is -2.57. The van der Waals surface area contributed by atoms with Gasteiger partial charge in [0.2, 0.25) is 5.88 Å². The summed E-state index contributed by atoms with van der Waals surface area (Å²) in [7, 11) is 3.61. The highest BCUT2D eigenvalue weighted by Gasteiger charge is 2.10. The van der Waals surface area contributed by atoms with Crippen LogP contribution in [-0.2, 0) is 20.1 Å². The third-order valence-electron chi connectivity index (χ3n) is 3.66. The number of carbonyl (C=O) groups is 1. The second-order valence-corrected chi connectivity index (χ2v) is 5.88. The summed E-state index contributed by atoms with van der Waals surface area (Å²) in [6.45, 7) is 5.00. The number of pyridine rings is 1. The van der Waals surface area contributed by atoms with Crippen molar-refractivity contribution in [3.63, 3.8) is 0 Å². The maximum atomic E-state index is 12.2. The van der Waals surface area contributed by atoms with E-state index in [0.717, 1.165) is 17.5 Å². The van der Waals surface area contributed by atoms with Gasteiger partial charge in [0.05, 0.1) is 18.8 Å². The van der Waals surface area contributed by atoms with Gasteiger partial charge in [0.25, 0.3) is 0 Å². The van der Waals surface area contributed by atoms with Crippen LogP contribution in [0.1, 0.15) is 31.4 Å². The normalized spacial score (nSPS) is 11.8. The van der Waals surface area contributed by atoms with E-state index in [1.807, 2.05) is 32.3 Å². The van der Waals surface area contributed by atoms with Crippen LogP contribution in [0.25, 0.3) is 0 Å². The first-order chi connectivity index (χ1) is 11.5. The number of hydrogen-bond acceptors (Lipinski definition) is 4. The molecule has 0 fully saturated rings. The summed E-state index contributed by atoms with van der Waals surface area (Å²) in [4.78, 5) is 18.0. The number of aromatic nitrogens is 3. The number of aryl methyl sites for hydroxylation is 1. The van der Waals surface area contributed by atoms with E-state index < -0.39 is 0 Å². The van der Waals surface area contributed by atoms with Crippen molar-refractivity contribution in [1.82, 2.24) is 25.0 Å². The number of hydrogen-bond donors (Lipinski definition) is 1. The number of carbonyl (C=O) groups excluding carboxylic acids is 1. The van der Waals surface area contributed by atoms with E-state index in [0.29, 0.717) is 19.0 Å². The average Bonchev–Trinajstić information content (AvgIpc) is 2.97. The van der Waals surface area contributed by atoms with Gasteiger partial charge in [0, 0.05) is 44.7 Å². The van der Waals surface area contributed by atoms with Gasteiger partial charge >= 0.3 is 6.03 Å². The smallest absolute Gasteiger partial charge is 0.317 e. The summed E-state index contributed by atoms with van der Waals surface area (Å²) in [5, 5.41) is 7.00. The number of amides is 2. The SMILES string of the molecule is CCC(C)Oc1cc(CNC(=O)N(C)Cc2cnn(C)c2)ccn1. The van der Waals surface area contributed by atoms with Crippen molar-refractivity contribution in [3.05, 3.63) is 41.9 Å². The van der Waals surface area contributed by atoms with E-state index in [-0.39, 0.29) is 12.1 Å². The fourth-order valence-electron chi connectivity index (χ4n) is 2.13. The van der Waals surface area contributed by atoms with Gasteiger partial charge in [0.1, 0.15) is 0 Å². The molecule has 7 heteroatoms. The summed E-state index contributed by atoms with van der Waals surface area (Å²) in [5.74, 6) is 0.583. The molecular weight excluding hydrogens is 306 g/mol. The zero-order valence-electron chi connectivity index (χ0n) is 14.7. The molecule has 0 aromatic carbocycles. The highest BCUT2D eigenvalue weighted by atomic mass is 16.5. The third kappa shape index (κ3) is 5.26. The van der Waals surface area contributed by atoms with E-state index in [2.05, 4.69) is 22.3 Å². The van der Waals surface area contributed by atoms with Crippen molar-refractivity contribution in [2.75, 3.05) is 7.05 Å². The molecule has 2 aromatic heterocycles. The van der Waals surface area contributed by atoms with Gasteiger partial charge in [-0.25, -0.2) is 9.78 Å². The second kappa shape index (κ2) is 8.33. The molecule has 0 saturated heterocycles. The monoisotopic (exact) mass is 331 g/mol. The molecule has 2 amide bonds. The van der Waals surface area contributed by atoms with Crippen LogP contribution in [0.15, 0.2) is 30.7 Å². The van der Waals surface area contributed by atoms with E-state index >= 15 is 0 Å². The zero-order valence-corrected chi connectivity index (χ0v) is 14.7. The molecule has 1 atom stereocenters. The lowest BCUT2D eigenvalue weighted by atomic mass is 10.2. The van der Waals surface area contributed by atoms with Crippen molar-refractivity contribution in [3.8, 4) is 5.88 Å². The van der Waals surface area contributed by atoms with Gasteiger partial charge in [-0.2, -0.15) is 5.10 Å². The maximum Gasteiger partial charge on any atom is 0.317 e. The van der Waals surface area contributed by atoms with Crippen LogP contribution in [0.2, 0.25) is 0 Å². The molecule has 130 valence electrons. The molecule has 0 radical (unpaired) electrons. The summed E-state index contributed by atoms with van der Waals surface area (Å²) < 4.78 is 7.42. The molecule has 0 aliphatic rings. The minimum Gasteiger partial charge on any atom is -0.475 e. The lowest BCUT2D eigenvalue weighted by molar-refractivity contribution is 0.205.